The molecule has 170 valence electrons. The predicted octanol–water partition coefficient (Wildman–Crippen LogP) is 6.10. The van der Waals surface area contributed by atoms with E-state index in [2.05, 4.69) is 5.32 Å². The first-order chi connectivity index (χ1) is 14.3. The molecule has 1 aromatic rings. The molecule has 0 saturated carbocycles. The average Bonchev–Trinajstić information content (AvgIpc) is 2.69. The Morgan fingerprint density at radius 1 is 1.23 bits per heavy atom. The zero-order valence-corrected chi connectivity index (χ0v) is 18.0. The number of hydrogen-bond acceptors (Lipinski definition) is 2. The Morgan fingerprint density at radius 2 is 1.87 bits per heavy atom. The van der Waals surface area contributed by atoms with Crippen molar-refractivity contribution < 1.29 is 32.3 Å². The SMILES string of the molecule is CC(C(=O)O)C(C)c1ccc(F)c(NC(=O)[C@H](C2C=CC(Cl)=CC2)[C@@H](C)C(F)(F)F)c1. The highest BCUT2D eigenvalue weighted by Crippen LogP contribution is 2.39. The number of allylic oxidation sites excluding steroid dienone is 4. The average molecular weight is 462 g/mol. The fourth-order valence-electron chi connectivity index (χ4n) is 3.51. The molecular weight excluding hydrogens is 438 g/mol. The highest BCUT2D eigenvalue weighted by atomic mass is 35.5. The quantitative estimate of drug-likeness (QED) is 0.482. The van der Waals surface area contributed by atoms with Gasteiger partial charge in [-0.1, -0.05) is 50.6 Å². The second-order valence-electron chi connectivity index (χ2n) is 7.85. The number of benzene rings is 1. The van der Waals surface area contributed by atoms with Gasteiger partial charge in [0.15, 0.2) is 0 Å². The molecule has 5 atom stereocenters. The Kier molecular flexibility index (Phi) is 7.92. The molecule has 1 aliphatic carbocycles. The molecule has 0 heterocycles. The first kappa shape index (κ1) is 24.9. The number of halogens is 5. The first-order valence-corrected chi connectivity index (χ1v) is 10.1. The normalized spacial score (nSPS) is 20.4. The van der Waals surface area contributed by atoms with Crippen molar-refractivity contribution in [2.75, 3.05) is 5.32 Å². The molecule has 9 heteroatoms. The van der Waals surface area contributed by atoms with Gasteiger partial charge >= 0.3 is 12.1 Å². The number of nitrogens with one attached hydrogen (secondary N) is 1. The van der Waals surface area contributed by atoms with E-state index in [0.717, 1.165) is 13.0 Å². The maximum Gasteiger partial charge on any atom is 0.392 e. The molecule has 1 amide bonds. The highest BCUT2D eigenvalue weighted by molar-refractivity contribution is 6.31. The highest BCUT2D eigenvalue weighted by Gasteiger charge is 2.47. The lowest BCUT2D eigenvalue weighted by Crippen LogP contribution is -2.40. The van der Waals surface area contributed by atoms with Crippen LogP contribution in [0.2, 0.25) is 0 Å². The van der Waals surface area contributed by atoms with Crippen molar-refractivity contribution in [3.63, 3.8) is 0 Å². The van der Waals surface area contributed by atoms with Crippen molar-refractivity contribution in [2.45, 2.75) is 39.3 Å². The van der Waals surface area contributed by atoms with Gasteiger partial charge in [0, 0.05) is 5.03 Å². The number of hydrogen-bond donors (Lipinski definition) is 2. The Bertz CT molecular complexity index is 897. The van der Waals surface area contributed by atoms with Crippen molar-refractivity contribution in [1.29, 1.82) is 0 Å². The van der Waals surface area contributed by atoms with Crippen molar-refractivity contribution in [1.82, 2.24) is 0 Å². The summed E-state index contributed by atoms with van der Waals surface area (Å²) in [5.41, 5.74) is 0.152. The predicted molar refractivity (Wildman–Crippen MR) is 110 cm³/mol. The number of aliphatic carboxylic acids is 1. The summed E-state index contributed by atoms with van der Waals surface area (Å²) >= 11 is 5.84. The maximum absolute atomic E-state index is 14.4. The van der Waals surface area contributed by atoms with E-state index in [4.69, 9.17) is 11.6 Å². The number of carboxylic acid groups (broad SMARTS) is 1. The Balaban J connectivity index is 2.33. The standard InChI is InChI=1S/C22H24ClF4NO3/c1-11(12(2)21(30)31)15-6-9-17(24)18(10-15)28-20(29)19(13(3)22(25,26)27)14-4-7-16(23)8-5-14/h4,6-14,19H,5H2,1-3H3,(H,28,29)(H,30,31)/t11?,12?,13-,14?,19+/m1/s1. The van der Waals surface area contributed by atoms with E-state index in [9.17, 15) is 32.3 Å². The van der Waals surface area contributed by atoms with E-state index in [1.165, 1.54) is 37.3 Å². The van der Waals surface area contributed by atoms with Crippen molar-refractivity contribution in [3.8, 4) is 0 Å². The molecule has 1 aromatic carbocycles. The second-order valence-corrected chi connectivity index (χ2v) is 8.28. The van der Waals surface area contributed by atoms with Crippen LogP contribution in [-0.2, 0) is 9.59 Å². The number of alkyl halides is 3. The Hall–Kier alpha value is -2.35. The van der Waals surface area contributed by atoms with E-state index in [1.54, 1.807) is 6.92 Å². The minimum absolute atomic E-state index is 0.142. The molecule has 0 bridgehead atoms. The van der Waals surface area contributed by atoms with E-state index in [0.29, 0.717) is 10.6 Å². The summed E-state index contributed by atoms with van der Waals surface area (Å²) in [6, 6.07) is 3.71. The summed E-state index contributed by atoms with van der Waals surface area (Å²) in [4.78, 5) is 24.1. The molecule has 0 radical (unpaired) electrons. The van der Waals surface area contributed by atoms with Crippen LogP contribution >= 0.6 is 11.6 Å². The lowest BCUT2D eigenvalue weighted by molar-refractivity contribution is -0.188. The lowest BCUT2D eigenvalue weighted by atomic mass is 9.78. The number of anilines is 1. The van der Waals surface area contributed by atoms with Crippen LogP contribution in [0.25, 0.3) is 0 Å². The van der Waals surface area contributed by atoms with Gasteiger partial charge in [-0.3, -0.25) is 9.59 Å². The zero-order chi connectivity index (χ0) is 23.5. The van der Waals surface area contributed by atoms with Gasteiger partial charge in [-0.25, -0.2) is 4.39 Å². The van der Waals surface area contributed by atoms with Gasteiger partial charge in [0.1, 0.15) is 5.82 Å². The Morgan fingerprint density at radius 3 is 2.39 bits per heavy atom. The van der Waals surface area contributed by atoms with Gasteiger partial charge in [0.2, 0.25) is 5.91 Å². The summed E-state index contributed by atoms with van der Waals surface area (Å²) < 4.78 is 54.8. The molecule has 31 heavy (non-hydrogen) atoms. The number of carboxylic acids is 1. The van der Waals surface area contributed by atoms with Crippen LogP contribution < -0.4 is 5.32 Å². The van der Waals surface area contributed by atoms with Crippen molar-refractivity contribution in [3.05, 3.63) is 52.8 Å². The molecule has 2 rings (SSSR count). The number of amides is 1. The Labute approximate surface area is 183 Å². The van der Waals surface area contributed by atoms with Crippen LogP contribution in [-0.4, -0.2) is 23.2 Å². The molecule has 3 unspecified atom stereocenters. The summed E-state index contributed by atoms with van der Waals surface area (Å²) in [5, 5.41) is 11.8. The second kappa shape index (κ2) is 9.85. The van der Waals surface area contributed by atoms with Gasteiger partial charge < -0.3 is 10.4 Å². The molecule has 0 aliphatic heterocycles. The van der Waals surface area contributed by atoms with Crippen molar-refractivity contribution in [2.24, 2.45) is 23.7 Å². The molecule has 0 spiro atoms. The van der Waals surface area contributed by atoms with E-state index < -0.39 is 53.5 Å². The lowest BCUT2D eigenvalue weighted by Gasteiger charge is -2.31. The van der Waals surface area contributed by atoms with Crippen molar-refractivity contribution >= 4 is 29.2 Å². The van der Waals surface area contributed by atoms with Gasteiger partial charge in [0.25, 0.3) is 0 Å². The number of carbonyl (C=O) groups is 2. The third kappa shape index (κ3) is 6.09. The van der Waals surface area contributed by atoms with Gasteiger partial charge in [-0.2, -0.15) is 13.2 Å². The molecule has 1 aliphatic rings. The molecule has 0 aromatic heterocycles. The minimum atomic E-state index is -4.63. The van der Waals surface area contributed by atoms with Crippen LogP contribution in [0.1, 0.15) is 38.7 Å². The summed E-state index contributed by atoms with van der Waals surface area (Å²) in [6.45, 7) is 4.04. The monoisotopic (exact) mass is 461 g/mol. The van der Waals surface area contributed by atoms with E-state index in [1.807, 2.05) is 0 Å². The van der Waals surface area contributed by atoms with Crippen LogP contribution in [0.4, 0.5) is 23.2 Å². The minimum Gasteiger partial charge on any atom is -0.481 e. The van der Waals surface area contributed by atoms with Gasteiger partial charge in [-0.05, 0) is 42.0 Å². The van der Waals surface area contributed by atoms with Crippen LogP contribution in [0.5, 0.6) is 0 Å². The maximum atomic E-state index is 14.4. The largest absolute Gasteiger partial charge is 0.481 e. The van der Waals surface area contributed by atoms with Crippen LogP contribution in [0, 0.1) is 29.5 Å². The fraction of sp³-hybridized carbons (Fsp3) is 0.455. The van der Waals surface area contributed by atoms with E-state index >= 15 is 0 Å². The van der Waals surface area contributed by atoms with Gasteiger partial charge in [0.05, 0.1) is 23.4 Å². The number of rotatable bonds is 7. The van der Waals surface area contributed by atoms with Crippen LogP contribution in [0.15, 0.2) is 41.5 Å². The van der Waals surface area contributed by atoms with Crippen LogP contribution in [0.3, 0.4) is 0 Å². The third-order valence-corrected chi connectivity index (χ3v) is 6.10. The summed E-state index contributed by atoms with van der Waals surface area (Å²) in [5.74, 6) is -8.38. The molecule has 4 nitrogen and oxygen atoms in total. The summed E-state index contributed by atoms with van der Waals surface area (Å²) in [6.07, 6.45) is -0.0601. The topological polar surface area (TPSA) is 66.4 Å². The molecular formula is C22H24ClF4NO3. The molecule has 0 saturated heterocycles. The van der Waals surface area contributed by atoms with E-state index in [-0.39, 0.29) is 12.1 Å². The third-order valence-electron chi connectivity index (χ3n) is 5.82. The van der Waals surface area contributed by atoms with Gasteiger partial charge in [-0.15, -0.1) is 0 Å². The fourth-order valence-corrected chi connectivity index (χ4v) is 3.68. The first-order valence-electron chi connectivity index (χ1n) is 9.76. The molecule has 2 N–H and O–H groups in total. The zero-order valence-electron chi connectivity index (χ0n) is 17.2. The molecule has 0 fully saturated rings. The smallest absolute Gasteiger partial charge is 0.392 e. The number of carbonyl (C=O) groups excluding carboxylic acids is 1. The summed E-state index contributed by atoms with van der Waals surface area (Å²) in [7, 11) is 0.